The van der Waals surface area contributed by atoms with E-state index in [2.05, 4.69) is 5.32 Å². The van der Waals surface area contributed by atoms with Crippen LogP contribution in [0.5, 0.6) is 5.75 Å². The topological polar surface area (TPSA) is 67.9 Å². The van der Waals surface area contributed by atoms with Crippen LogP contribution in [0.2, 0.25) is 0 Å². The largest absolute Gasteiger partial charge is 0.497 e. The molecule has 2 aromatic rings. The lowest BCUT2D eigenvalue weighted by Gasteiger charge is -2.30. The van der Waals surface area contributed by atoms with Gasteiger partial charge in [0.15, 0.2) is 0 Å². The van der Waals surface area contributed by atoms with Gasteiger partial charge in [0.2, 0.25) is 5.91 Å². The molecule has 2 aromatic carbocycles. The Morgan fingerprint density at radius 3 is 2.43 bits per heavy atom. The standard InChI is InChI=1S/C23H27FN2O4/c1-29-14-12-23(25-22(28)18-5-7-19(24)8-6-18)11-13-26(16-23)21(27)15-17-3-9-20(30-2)10-4-17/h3-10H,11-16H2,1-2H3,(H,25,28). The van der Waals surface area contributed by atoms with E-state index < -0.39 is 11.4 Å². The Hall–Kier alpha value is -2.93. The van der Waals surface area contributed by atoms with E-state index in [0.29, 0.717) is 38.1 Å². The first kappa shape index (κ1) is 21.8. The number of benzene rings is 2. The number of carbonyl (C=O) groups is 2. The Bertz CT molecular complexity index is 870. The first-order valence-electron chi connectivity index (χ1n) is 9.92. The van der Waals surface area contributed by atoms with Crippen molar-refractivity contribution in [1.29, 1.82) is 0 Å². The summed E-state index contributed by atoms with van der Waals surface area (Å²) in [5.74, 6) is 0.0809. The molecule has 1 saturated heterocycles. The lowest BCUT2D eigenvalue weighted by Crippen LogP contribution is -2.51. The van der Waals surface area contributed by atoms with Gasteiger partial charge in [-0.2, -0.15) is 0 Å². The van der Waals surface area contributed by atoms with Crippen LogP contribution < -0.4 is 10.1 Å². The van der Waals surface area contributed by atoms with Gasteiger partial charge in [-0.25, -0.2) is 4.39 Å². The zero-order valence-corrected chi connectivity index (χ0v) is 17.3. The van der Waals surface area contributed by atoms with E-state index in [1.54, 1.807) is 19.1 Å². The van der Waals surface area contributed by atoms with Gasteiger partial charge in [-0.05, 0) is 54.8 Å². The summed E-state index contributed by atoms with van der Waals surface area (Å²) in [5, 5.41) is 3.07. The summed E-state index contributed by atoms with van der Waals surface area (Å²) >= 11 is 0. The third-order valence-electron chi connectivity index (χ3n) is 5.49. The summed E-state index contributed by atoms with van der Waals surface area (Å²) < 4.78 is 23.5. The lowest BCUT2D eigenvalue weighted by atomic mass is 9.93. The summed E-state index contributed by atoms with van der Waals surface area (Å²) in [6, 6.07) is 12.8. The number of hydrogen-bond acceptors (Lipinski definition) is 4. The first-order valence-corrected chi connectivity index (χ1v) is 9.92. The van der Waals surface area contributed by atoms with Gasteiger partial charge in [0.25, 0.3) is 5.91 Å². The van der Waals surface area contributed by atoms with Crippen LogP contribution in [0.15, 0.2) is 48.5 Å². The van der Waals surface area contributed by atoms with Crippen LogP contribution in [0.3, 0.4) is 0 Å². The predicted molar refractivity (Wildman–Crippen MR) is 111 cm³/mol. The monoisotopic (exact) mass is 414 g/mol. The van der Waals surface area contributed by atoms with E-state index in [1.165, 1.54) is 24.3 Å². The molecule has 7 heteroatoms. The summed E-state index contributed by atoms with van der Waals surface area (Å²) in [4.78, 5) is 27.3. The Labute approximate surface area is 176 Å². The van der Waals surface area contributed by atoms with Gasteiger partial charge in [0.05, 0.1) is 19.1 Å². The number of nitrogens with zero attached hydrogens (tertiary/aromatic N) is 1. The van der Waals surface area contributed by atoms with Crippen molar-refractivity contribution in [3.63, 3.8) is 0 Å². The average molecular weight is 414 g/mol. The maximum Gasteiger partial charge on any atom is 0.251 e. The highest BCUT2D eigenvalue weighted by Crippen LogP contribution is 2.27. The van der Waals surface area contributed by atoms with Crippen LogP contribution in [0.25, 0.3) is 0 Å². The molecule has 1 atom stereocenters. The molecule has 1 N–H and O–H groups in total. The van der Waals surface area contributed by atoms with Gasteiger partial charge in [-0.3, -0.25) is 9.59 Å². The molecular formula is C23H27FN2O4. The number of hydrogen-bond donors (Lipinski definition) is 1. The molecule has 1 unspecified atom stereocenters. The molecule has 0 bridgehead atoms. The number of likely N-dealkylation sites (tertiary alicyclic amines) is 1. The third kappa shape index (κ3) is 5.36. The highest BCUT2D eigenvalue weighted by molar-refractivity contribution is 5.94. The second kappa shape index (κ2) is 9.71. The number of halogens is 1. The molecule has 0 spiro atoms. The van der Waals surface area contributed by atoms with Crippen LogP contribution in [0.1, 0.15) is 28.8 Å². The SMILES string of the molecule is COCCC1(NC(=O)c2ccc(F)cc2)CCN(C(=O)Cc2ccc(OC)cc2)C1. The van der Waals surface area contributed by atoms with E-state index in [1.807, 2.05) is 24.3 Å². The van der Waals surface area contributed by atoms with E-state index in [4.69, 9.17) is 9.47 Å². The summed E-state index contributed by atoms with van der Waals surface area (Å²) in [5.41, 5.74) is 0.721. The van der Waals surface area contributed by atoms with Gasteiger partial charge in [-0.1, -0.05) is 12.1 Å². The van der Waals surface area contributed by atoms with Gasteiger partial charge < -0.3 is 19.7 Å². The van der Waals surface area contributed by atoms with Crippen molar-refractivity contribution in [3.8, 4) is 5.75 Å². The number of amides is 2. The fourth-order valence-electron chi connectivity index (χ4n) is 3.70. The van der Waals surface area contributed by atoms with Crippen LogP contribution in [-0.2, 0) is 16.0 Å². The van der Waals surface area contributed by atoms with Gasteiger partial charge in [0.1, 0.15) is 11.6 Å². The number of ether oxygens (including phenoxy) is 2. The summed E-state index contributed by atoms with van der Waals surface area (Å²) in [7, 11) is 3.21. The Balaban J connectivity index is 1.67. The number of rotatable bonds is 8. The first-order chi connectivity index (χ1) is 14.4. The Morgan fingerprint density at radius 2 is 1.80 bits per heavy atom. The second-order valence-corrected chi connectivity index (χ2v) is 7.57. The van der Waals surface area contributed by atoms with Gasteiger partial charge in [0, 0.05) is 32.4 Å². The third-order valence-corrected chi connectivity index (χ3v) is 5.49. The van der Waals surface area contributed by atoms with Crippen molar-refractivity contribution >= 4 is 11.8 Å². The molecule has 1 heterocycles. The molecule has 30 heavy (non-hydrogen) atoms. The molecule has 6 nitrogen and oxygen atoms in total. The van der Waals surface area contributed by atoms with E-state index in [9.17, 15) is 14.0 Å². The maximum atomic E-state index is 13.2. The van der Waals surface area contributed by atoms with Gasteiger partial charge in [-0.15, -0.1) is 0 Å². The summed E-state index contributed by atoms with van der Waals surface area (Å²) in [6.07, 6.45) is 1.51. The predicted octanol–water partition coefficient (Wildman–Crippen LogP) is 2.81. The van der Waals surface area contributed by atoms with Crippen molar-refractivity contribution in [2.45, 2.75) is 24.8 Å². The fourth-order valence-corrected chi connectivity index (χ4v) is 3.70. The molecule has 0 aromatic heterocycles. The number of methoxy groups -OCH3 is 2. The van der Waals surface area contributed by atoms with E-state index >= 15 is 0 Å². The highest BCUT2D eigenvalue weighted by atomic mass is 19.1. The Kier molecular flexibility index (Phi) is 7.05. The minimum Gasteiger partial charge on any atom is -0.497 e. The molecule has 1 aliphatic rings. The molecule has 0 radical (unpaired) electrons. The molecule has 2 amide bonds. The smallest absolute Gasteiger partial charge is 0.251 e. The van der Waals surface area contributed by atoms with Gasteiger partial charge >= 0.3 is 0 Å². The lowest BCUT2D eigenvalue weighted by molar-refractivity contribution is -0.129. The molecule has 0 saturated carbocycles. The zero-order valence-electron chi connectivity index (χ0n) is 17.3. The van der Waals surface area contributed by atoms with E-state index in [0.717, 1.165) is 11.3 Å². The minimum atomic E-state index is -0.572. The Morgan fingerprint density at radius 1 is 1.10 bits per heavy atom. The van der Waals surface area contributed by atoms with Crippen molar-refractivity contribution in [2.24, 2.45) is 0 Å². The maximum absolute atomic E-state index is 13.2. The van der Waals surface area contributed by atoms with Crippen molar-refractivity contribution < 1.29 is 23.5 Å². The number of carbonyl (C=O) groups excluding carboxylic acids is 2. The highest BCUT2D eigenvalue weighted by Gasteiger charge is 2.40. The van der Waals surface area contributed by atoms with Crippen molar-refractivity contribution in [2.75, 3.05) is 33.9 Å². The molecular weight excluding hydrogens is 387 g/mol. The van der Waals surface area contributed by atoms with Crippen LogP contribution >= 0.6 is 0 Å². The second-order valence-electron chi connectivity index (χ2n) is 7.57. The average Bonchev–Trinajstić information content (AvgIpc) is 3.17. The molecule has 1 fully saturated rings. The number of nitrogens with one attached hydrogen (secondary N) is 1. The fraction of sp³-hybridized carbons (Fsp3) is 0.391. The summed E-state index contributed by atoms with van der Waals surface area (Å²) in [6.45, 7) is 1.44. The molecule has 3 rings (SSSR count). The van der Waals surface area contributed by atoms with Crippen LogP contribution in [0, 0.1) is 5.82 Å². The van der Waals surface area contributed by atoms with Crippen molar-refractivity contribution in [3.05, 3.63) is 65.5 Å². The normalized spacial score (nSPS) is 18.3. The minimum absolute atomic E-state index is 0.00971. The zero-order chi connectivity index (χ0) is 21.6. The molecule has 1 aliphatic heterocycles. The quantitative estimate of drug-likeness (QED) is 0.721. The van der Waals surface area contributed by atoms with Crippen LogP contribution in [-0.4, -0.2) is 56.2 Å². The van der Waals surface area contributed by atoms with E-state index in [-0.39, 0.29) is 18.2 Å². The van der Waals surface area contributed by atoms with Crippen LogP contribution in [0.4, 0.5) is 4.39 Å². The molecule has 0 aliphatic carbocycles. The van der Waals surface area contributed by atoms with Crippen molar-refractivity contribution in [1.82, 2.24) is 10.2 Å². The molecule has 160 valence electrons.